The number of halogens is 2. The first kappa shape index (κ1) is 18.0. The minimum atomic E-state index is -0.582. The number of carbonyl (C=O) groups excluding carboxylic acids is 2. The van der Waals surface area contributed by atoms with Crippen LogP contribution >= 0.6 is 34.5 Å². The average Bonchev–Trinajstić information content (AvgIpc) is 2.94. The Labute approximate surface area is 159 Å². The van der Waals surface area contributed by atoms with E-state index in [9.17, 15) is 9.59 Å². The lowest BCUT2D eigenvalue weighted by molar-refractivity contribution is 0.0942. The smallest absolute Gasteiger partial charge is 0.306 e. The van der Waals surface area contributed by atoms with E-state index in [1.807, 2.05) is 6.07 Å². The first-order valence-electron chi connectivity index (χ1n) is 7.85. The van der Waals surface area contributed by atoms with Crippen molar-refractivity contribution in [3.8, 4) is 0 Å². The van der Waals surface area contributed by atoms with Crippen molar-refractivity contribution in [2.45, 2.75) is 26.2 Å². The standard InChI is InChI=1S/C17H17Cl2N3O2S/c1-9-2-3-10-5-15(25-14(10)4-9)16(23)21-22-17(24)20-13-7-11(18)6-12(19)8-13/h5-9H,2-4H2,1H3,(H,21,23)(H2,20,22,24)/t9-/m0/s1. The third-order valence-electron chi connectivity index (χ3n) is 3.97. The summed E-state index contributed by atoms with van der Waals surface area (Å²) in [7, 11) is 0. The highest BCUT2D eigenvalue weighted by Gasteiger charge is 2.20. The van der Waals surface area contributed by atoms with Gasteiger partial charge in [0, 0.05) is 20.6 Å². The van der Waals surface area contributed by atoms with Gasteiger partial charge in [-0.05, 0) is 55.0 Å². The van der Waals surface area contributed by atoms with E-state index in [0.29, 0.717) is 26.5 Å². The van der Waals surface area contributed by atoms with Gasteiger partial charge in [-0.2, -0.15) is 0 Å². The van der Waals surface area contributed by atoms with Gasteiger partial charge in [0.25, 0.3) is 5.91 Å². The number of fused-ring (bicyclic) bond motifs is 1. The molecule has 1 aromatic carbocycles. The fraction of sp³-hybridized carbons (Fsp3) is 0.294. The number of hydrogen-bond acceptors (Lipinski definition) is 3. The van der Waals surface area contributed by atoms with Crippen molar-refractivity contribution in [1.82, 2.24) is 10.9 Å². The van der Waals surface area contributed by atoms with Crippen molar-refractivity contribution in [3.05, 3.63) is 49.6 Å². The van der Waals surface area contributed by atoms with Gasteiger partial charge in [0.1, 0.15) is 0 Å². The molecular formula is C17H17Cl2N3O2S. The maximum atomic E-state index is 12.2. The molecule has 25 heavy (non-hydrogen) atoms. The quantitative estimate of drug-likeness (QED) is 0.645. The molecule has 1 heterocycles. The van der Waals surface area contributed by atoms with E-state index in [4.69, 9.17) is 23.2 Å². The Bertz CT molecular complexity index is 802. The zero-order valence-electron chi connectivity index (χ0n) is 13.5. The van der Waals surface area contributed by atoms with Gasteiger partial charge < -0.3 is 5.32 Å². The second-order valence-electron chi connectivity index (χ2n) is 6.10. The van der Waals surface area contributed by atoms with Crippen molar-refractivity contribution < 1.29 is 9.59 Å². The number of anilines is 1. The van der Waals surface area contributed by atoms with Crippen LogP contribution in [0, 0.1) is 5.92 Å². The molecule has 0 saturated carbocycles. The minimum absolute atomic E-state index is 0.327. The molecule has 132 valence electrons. The normalized spacial score (nSPS) is 16.0. The number of amides is 3. The molecule has 1 aromatic heterocycles. The lowest BCUT2D eigenvalue weighted by atomic mass is 9.90. The van der Waals surface area contributed by atoms with Crippen LogP contribution in [0.25, 0.3) is 0 Å². The van der Waals surface area contributed by atoms with Crippen LogP contribution in [0.4, 0.5) is 10.5 Å². The third kappa shape index (κ3) is 4.66. The molecule has 0 saturated heterocycles. The first-order chi connectivity index (χ1) is 11.9. The fourth-order valence-corrected chi connectivity index (χ4v) is 4.54. The van der Waals surface area contributed by atoms with Crippen molar-refractivity contribution in [2.75, 3.05) is 5.32 Å². The number of hydrazine groups is 1. The van der Waals surface area contributed by atoms with E-state index < -0.39 is 6.03 Å². The predicted octanol–water partition coefficient (Wildman–Crippen LogP) is 4.65. The Kier molecular flexibility index (Phi) is 5.51. The van der Waals surface area contributed by atoms with E-state index in [0.717, 1.165) is 19.3 Å². The Balaban J connectivity index is 1.56. The molecule has 8 heteroatoms. The first-order valence-corrected chi connectivity index (χ1v) is 9.43. The van der Waals surface area contributed by atoms with Crippen molar-refractivity contribution >= 4 is 52.2 Å². The summed E-state index contributed by atoms with van der Waals surface area (Å²) in [5, 5.41) is 3.37. The number of urea groups is 1. The summed E-state index contributed by atoms with van der Waals surface area (Å²) in [4.78, 5) is 26.0. The number of thiophene rings is 1. The number of rotatable bonds is 2. The number of benzene rings is 1. The van der Waals surface area contributed by atoms with Crippen molar-refractivity contribution in [2.24, 2.45) is 5.92 Å². The maximum Gasteiger partial charge on any atom is 0.337 e. The SMILES string of the molecule is C[C@H]1CCc2cc(C(=O)NNC(=O)Nc3cc(Cl)cc(Cl)c3)sc2C1. The molecule has 3 amide bonds. The molecule has 0 fully saturated rings. The third-order valence-corrected chi connectivity index (χ3v) is 5.61. The van der Waals surface area contributed by atoms with Crippen molar-refractivity contribution in [3.63, 3.8) is 0 Å². The summed E-state index contributed by atoms with van der Waals surface area (Å²) in [6, 6.07) is 6.01. The van der Waals surface area contributed by atoms with E-state index in [1.54, 1.807) is 18.2 Å². The summed E-state index contributed by atoms with van der Waals surface area (Å²) >= 11 is 13.2. The van der Waals surface area contributed by atoms with Gasteiger partial charge in [-0.1, -0.05) is 30.1 Å². The maximum absolute atomic E-state index is 12.2. The monoisotopic (exact) mass is 397 g/mol. The zero-order valence-corrected chi connectivity index (χ0v) is 15.8. The van der Waals surface area contributed by atoms with Crippen LogP contribution in [0.1, 0.15) is 33.5 Å². The van der Waals surface area contributed by atoms with Gasteiger partial charge in [-0.25, -0.2) is 10.2 Å². The van der Waals surface area contributed by atoms with Gasteiger partial charge in [-0.3, -0.25) is 10.2 Å². The topological polar surface area (TPSA) is 70.2 Å². The molecule has 0 bridgehead atoms. The molecule has 2 aromatic rings. The second-order valence-corrected chi connectivity index (χ2v) is 8.11. The van der Waals surface area contributed by atoms with E-state index in [2.05, 4.69) is 23.1 Å². The number of nitrogens with one attached hydrogen (secondary N) is 3. The molecule has 1 atom stereocenters. The lowest BCUT2D eigenvalue weighted by Gasteiger charge is -2.16. The molecular weight excluding hydrogens is 381 g/mol. The van der Waals surface area contributed by atoms with Crippen LogP contribution in [-0.4, -0.2) is 11.9 Å². The molecule has 0 aliphatic heterocycles. The summed E-state index contributed by atoms with van der Waals surface area (Å²) < 4.78 is 0. The number of aryl methyl sites for hydroxylation is 1. The average molecular weight is 398 g/mol. The largest absolute Gasteiger partial charge is 0.337 e. The van der Waals surface area contributed by atoms with Crippen LogP contribution in [0.15, 0.2) is 24.3 Å². The van der Waals surface area contributed by atoms with Gasteiger partial charge in [-0.15, -0.1) is 11.3 Å². The van der Waals surface area contributed by atoms with Crippen LogP contribution in [0.2, 0.25) is 10.0 Å². The van der Waals surface area contributed by atoms with Crippen LogP contribution in [0.3, 0.4) is 0 Å². The fourth-order valence-electron chi connectivity index (χ4n) is 2.75. The Morgan fingerprint density at radius 2 is 1.84 bits per heavy atom. The molecule has 1 aliphatic rings. The minimum Gasteiger partial charge on any atom is -0.306 e. The molecule has 1 aliphatic carbocycles. The summed E-state index contributed by atoms with van der Waals surface area (Å²) in [6.45, 7) is 2.22. The molecule has 0 spiro atoms. The number of carbonyl (C=O) groups is 2. The van der Waals surface area contributed by atoms with Crippen molar-refractivity contribution in [1.29, 1.82) is 0 Å². The lowest BCUT2D eigenvalue weighted by Crippen LogP contribution is -2.43. The highest BCUT2D eigenvalue weighted by atomic mass is 35.5. The second kappa shape index (κ2) is 7.64. The summed E-state index contributed by atoms with van der Waals surface area (Å²) in [5.74, 6) is 0.321. The Morgan fingerprint density at radius 1 is 1.12 bits per heavy atom. The van der Waals surface area contributed by atoms with Crippen LogP contribution in [-0.2, 0) is 12.8 Å². The van der Waals surface area contributed by atoms with E-state index in [-0.39, 0.29) is 5.91 Å². The molecule has 5 nitrogen and oxygen atoms in total. The molecule has 0 radical (unpaired) electrons. The number of hydrogen-bond donors (Lipinski definition) is 3. The van der Waals surface area contributed by atoms with Crippen LogP contribution < -0.4 is 16.2 Å². The van der Waals surface area contributed by atoms with Gasteiger partial charge >= 0.3 is 6.03 Å². The van der Waals surface area contributed by atoms with Gasteiger partial charge in [0.05, 0.1) is 4.88 Å². The Morgan fingerprint density at radius 3 is 2.56 bits per heavy atom. The Hall–Kier alpha value is -1.76. The molecule has 0 unspecified atom stereocenters. The van der Waals surface area contributed by atoms with Crippen LogP contribution in [0.5, 0.6) is 0 Å². The highest BCUT2D eigenvalue weighted by Crippen LogP contribution is 2.32. The summed E-state index contributed by atoms with van der Waals surface area (Å²) in [6.07, 6.45) is 3.16. The summed E-state index contributed by atoms with van der Waals surface area (Å²) in [5.41, 5.74) is 6.42. The zero-order chi connectivity index (χ0) is 18.0. The van der Waals surface area contributed by atoms with Gasteiger partial charge in [0.15, 0.2) is 0 Å². The highest BCUT2D eigenvalue weighted by molar-refractivity contribution is 7.14. The van der Waals surface area contributed by atoms with E-state index >= 15 is 0 Å². The molecule has 3 rings (SSSR count). The predicted molar refractivity (Wildman–Crippen MR) is 102 cm³/mol. The molecule has 3 N–H and O–H groups in total. The van der Waals surface area contributed by atoms with E-state index in [1.165, 1.54) is 21.8 Å². The van der Waals surface area contributed by atoms with Gasteiger partial charge in [0.2, 0.25) is 0 Å².